The summed E-state index contributed by atoms with van der Waals surface area (Å²) in [6, 6.07) is 2.03. The molecule has 1 aromatic heterocycles. The molecule has 2 fully saturated rings. The number of pyridine rings is 1. The van der Waals surface area contributed by atoms with Gasteiger partial charge in [-0.25, -0.2) is 4.79 Å². The molecule has 4 aliphatic carbocycles. The second-order valence-electron chi connectivity index (χ2n) is 16.3. The van der Waals surface area contributed by atoms with Crippen molar-refractivity contribution in [2.45, 2.75) is 138 Å². The number of fused-ring (bicyclic) bond motifs is 4. The van der Waals surface area contributed by atoms with Gasteiger partial charge in [-0.05, 0) is 103 Å². The first-order valence-corrected chi connectivity index (χ1v) is 16.9. The fraction of sp³-hybridized carbons (Fsp3) is 0.784. The van der Waals surface area contributed by atoms with Gasteiger partial charge < -0.3 is 4.74 Å². The van der Waals surface area contributed by atoms with Gasteiger partial charge >= 0.3 is 12.1 Å². The van der Waals surface area contributed by atoms with Gasteiger partial charge in [0.1, 0.15) is 11.8 Å². The maximum absolute atomic E-state index is 13.1. The molecule has 4 aliphatic rings. The number of allylic oxidation sites excluding steroid dienone is 2. The van der Waals surface area contributed by atoms with Crippen LogP contribution in [0.2, 0.25) is 0 Å². The van der Waals surface area contributed by atoms with Crippen LogP contribution in [0.3, 0.4) is 0 Å². The maximum atomic E-state index is 13.1. The van der Waals surface area contributed by atoms with E-state index < -0.39 is 17.8 Å². The van der Waals surface area contributed by atoms with Gasteiger partial charge in [0.25, 0.3) is 0 Å². The van der Waals surface area contributed by atoms with Crippen molar-refractivity contribution in [1.29, 1.82) is 0 Å². The summed E-state index contributed by atoms with van der Waals surface area (Å²) in [7, 11) is 0. The molecule has 1 heterocycles. The van der Waals surface area contributed by atoms with Gasteiger partial charge in [0, 0.05) is 11.6 Å². The van der Waals surface area contributed by atoms with E-state index in [9.17, 15) is 18.0 Å². The van der Waals surface area contributed by atoms with E-state index in [-0.39, 0.29) is 27.9 Å². The fourth-order valence-electron chi connectivity index (χ4n) is 10.8. The molecular weight excluding hydrogens is 547 g/mol. The SMILES string of the molecule is CC(C)CCC[C@@H](C)[C@H]1CC[C@@]2(C)C3=C(CC[C@]12C)[C@@]1(C)CC[C@H](OC(=O)c2ccc(C(F)(F)F)nc2)C(C)(C)C1CC3. The highest BCUT2D eigenvalue weighted by molar-refractivity contribution is 5.89. The van der Waals surface area contributed by atoms with E-state index in [1.54, 1.807) is 11.1 Å². The molecule has 0 aliphatic heterocycles. The van der Waals surface area contributed by atoms with E-state index in [0.717, 1.165) is 55.7 Å². The van der Waals surface area contributed by atoms with Crippen LogP contribution in [0, 0.1) is 45.3 Å². The number of aromatic nitrogens is 1. The third-order valence-corrected chi connectivity index (χ3v) is 13.4. The second kappa shape index (κ2) is 11.2. The first-order chi connectivity index (χ1) is 19.9. The highest BCUT2D eigenvalue weighted by atomic mass is 19.4. The Hall–Kier alpha value is -1.85. The van der Waals surface area contributed by atoms with Crippen molar-refractivity contribution < 1.29 is 22.7 Å². The van der Waals surface area contributed by atoms with Crippen LogP contribution in [0.25, 0.3) is 0 Å². The standard InChI is InChI=1S/C37H54F3NO2/c1-23(2)10-9-11-24(3)26-16-20-36(8)28-13-14-29-33(4,5)31(18-19-34(29,6)27(28)17-21-35(26,36)7)43-32(42)25-12-15-30(41-22-25)37(38,39)40/h12,15,22-24,26,29,31H,9-11,13-14,16-21H2,1-8H3/t24-,26-,29?,31+,34-,35-,36+/m1/s1. The Morgan fingerprint density at radius 1 is 0.953 bits per heavy atom. The Kier molecular flexibility index (Phi) is 8.47. The van der Waals surface area contributed by atoms with Gasteiger partial charge in [0.15, 0.2) is 0 Å². The lowest BCUT2D eigenvalue weighted by molar-refractivity contribution is -0.141. The molecule has 5 rings (SSSR count). The highest BCUT2D eigenvalue weighted by Gasteiger charge is 2.63. The van der Waals surface area contributed by atoms with Crippen molar-refractivity contribution in [1.82, 2.24) is 4.98 Å². The lowest BCUT2D eigenvalue weighted by Gasteiger charge is -2.62. The molecule has 7 atom stereocenters. The smallest absolute Gasteiger partial charge is 0.433 e. The van der Waals surface area contributed by atoms with Crippen molar-refractivity contribution in [2.75, 3.05) is 0 Å². The third kappa shape index (κ3) is 5.39. The first kappa shape index (κ1) is 32.5. The van der Waals surface area contributed by atoms with Gasteiger partial charge in [0.2, 0.25) is 0 Å². The molecule has 0 aromatic carbocycles. The van der Waals surface area contributed by atoms with Gasteiger partial charge in [-0.3, -0.25) is 4.98 Å². The molecule has 3 nitrogen and oxygen atoms in total. The minimum Gasteiger partial charge on any atom is -0.458 e. The van der Waals surface area contributed by atoms with E-state index in [2.05, 4.69) is 60.4 Å². The molecule has 6 heteroatoms. The van der Waals surface area contributed by atoms with E-state index >= 15 is 0 Å². The van der Waals surface area contributed by atoms with Crippen molar-refractivity contribution in [3.05, 3.63) is 40.7 Å². The Morgan fingerprint density at radius 2 is 1.67 bits per heavy atom. The van der Waals surface area contributed by atoms with Gasteiger partial charge in [-0.15, -0.1) is 0 Å². The van der Waals surface area contributed by atoms with Crippen LogP contribution in [0.4, 0.5) is 13.2 Å². The number of esters is 1. The van der Waals surface area contributed by atoms with E-state index in [0.29, 0.717) is 11.3 Å². The third-order valence-electron chi connectivity index (χ3n) is 13.4. The minimum absolute atomic E-state index is 0.0690. The highest BCUT2D eigenvalue weighted by Crippen LogP contribution is 2.72. The van der Waals surface area contributed by atoms with Gasteiger partial charge in [0.05, 0.1) is 5.56 Å². The Balaban J connectivity index is 1.34. The van der Waals surface area contributed by atoms with Crippen LogP contribution in [0.15, 0.2) is 29.5 Å². The van der Waals surface area contributed by atoms with Crippen LogP contribution in [-0.2, 0) is 10.9 Å². The number of nitrogens with zero attached hydrogens (tertiary/aromatic N) is 1. The van der Waals surface area contributed by atoms with E-state index in [1.807, 2.05) is 0 Å². The Morgan fingerprint density at radius 3 is 2.30 bits per heavy atom. The summed E-state index contributed by atoms with van der Waals surface area (Å²) >= 11 is 0. The summed E-state index contributed by atoms with van der Waals surface area (Å²) in [5.41, 5.74) is 2.99. The summed E-state index contributed by atoms with van der Waals surface area (Å²) < 4.78 is 45.0. The molecule has 0 spiro atoms. The molecular formula is C37H54F3NO2. The average Bonchev–Trinajstić information content (AvgIpc) is 3.21. The van der Waals surface area contributed by atoms with E-state index in [1.165, 1.54) is 51.0 Å². The van der Waals surface area contributed by atoms with E-state index in [4.69, 9.17) is 4.74 Å². The predicted molar refractivity (Wildman–Crippen MR) is 165 cm³/mol. The lowest BCUT2D eigenvalue weighted by Crippen LogP contribution is -2.55. The first-order valence-electron chi connectivity index (χ1n) is 16.9. The van der Waals surface area contributed by atoms with Crippen molar-refractivity contribution in [3.63, 3.8) is 0 Å². The number of hydrogen-bond donors (Lipinski definition) is 0. The van der Waals surface area contributed by atoms with Crippen LogP contribution >= 0.6 is 0 Å². The van der Waals surface area contributed by atoms with Crippen molar-refractivity contribution in [2.24, 2.45) is 45.3 Å². The molecule has 0 bridgehead atoms. The predicted octanol–water partition coefficient (Wildman–Crippen LogP) is 10.8. The normalized spacial score (nSPS) is 36.1. The number of carbonyl (C=O) groups excluding carboxylic acids is 1. The molecule has 1 unspecified atom stereocenters. The topological polar surface area (TPSA) is 39.2 Å². The number of alkyl halides is 3. The summed E-state index contributed by atoms with van der Waals surface area (Å²) in [5.74, 6) is 2.13. The number of hydrogen-bond acceptors (Lipinski definition) is 3. The second-order valence-corrected chi connectivity index (χ2v) is 16.3. The summed E-state index contributed by atoms with van der Waals surface area (Å²) in [6.07, 6.45) is 9.24. The molecule has 0 saturated heterocycles. The summed E-state index contributed by atoms with van der Waals surface area (Å²) in [6.45, 7) is 19.4. The number of halogens is 3. The largest absolute Gasteiger partial charge is 0.458 e. The Labute approximate surface area is 257 Å². The quantitative estimate of drug-likeness (QED) is 0.231. The molecule has 2 saturated carbocycles. The monoisotopic (exact) mass is 601 g/mol. The number of carbonyl (C=O) groups is 1. The average molecular weight is 602 g/mol. The minimum atomic E-state index is -4.54. The molecule has 1 aromatic rings. The van der Waals surface area contributed by atoms with Crippen molar-refractivity contribution in [3.8, 4) is 0 Å². The molecule has 0 N–H and O–H groups in total. The Bertz CT molecular complexity index is 1230. The molecule has 240 valence electrons. The maximum Gasteiger partial charge on any atom is 0.433 e. The van der Waals surface area contributed by atoms with Crippen LogP contribution in [0.1, 0.15) is 142 Å². The zero-order chi connectivity index (χ0) is 31.6. The summed E-state index contributed by atoms with van der Waals surface area (Å²) in [5, 5.41) is 0. The van der Waals surface area contributed by atoms with Crippen LogP contribution in [-0.4, -0.2) is 17.1 Å². The number of ether oxygens (including phenoxy) is 1. The molecule has 43 heavy (non-hydrogen) atoms. The van der Waals surface area contributed by atoms with Crippen molar-refractivity contribution >= 4 is 5.97 Å². The van der Waals surface area contributed by atoms with Gasteiger partial charge in [-0.2, -0.15) is 13.2 Å². The van der Waals surface area contributed by atoms with Crippen LogP contribution < -0.4 is 0 Å². The van der Waals surface area contributed by atoms with Crippen LogP contribution in [0.5, 0.6) is 0 Å². The lowest BCUT2D eigenvalue weighted by atomic mass is 9.43. The molecule has 0 amide bonds. The zero-order valence-corrected chi connectivity index (χ0v) is 27.8. The molecule has 0 radical (unpaired) electrons. The summed E-state index contributed by atoms with van der Waals surface area (Å²) in [4.78, 5) is 16.5. The number of rotatable bonds is 7. The fourth-order valence-corrected chi connectivity index (χ4v) is 10.8. The van der Waals surface area contributed by atoms with Gasteiger partial charge in [-0.1, -0.05) is 85.8 Å². The zero-order valence-electron chi connectivity index (χ0n) is 27.8.